The first-order valence-electron chi connectivity index (χ1n) is 9.48. The van der Waals surface area contributed by atoms with Gasteiger partial charge >= 0.3 is 0 Å². The number of nitrogens with zero attached hydrogens (tertiary/aromatic N) is 2. The molecule has 0 aliphatic heterocycles. The minimum absolute atomic E-state index is 0.220. The number of methoxy groups -OCH3 is 2. The van der Waals surface area contributed by atoms with Crippen molar-refractivity contribution < 1.29 is 22.7 Å². The number of aromatic nitrogens is 1. The fourth-order valence-electron chi connectivity index (χ4n) is 2.86. The molecule has 3 rings (SSSR count). The highest BCUT2D eigenvalue weighted by Gasteiger charge is 2.13. The van der Waals surface area contributed by atoms with Gasteiger partial charge in [-0.2, -0.15) is 4.99 Å². The summed E-state index contributed by atoms with van der Waals surface area (Å²) in [5.41, 5.74) is 0.827. The van der Waals surface area contributed by atoms with E-state index in [-0.39, 0.29) is 10.8 Å². The molecule has 0 unspecified atom stereocenters. The van der Waals surface area contributed by atoms with Crippen LogP contribution in [-0.2, 0) is 25.9 Å². The van der Waals surface area contributed by atoms with E-state index in [1.807, 2.05) is 28.8 Å². The summed E-state index contributed by atoms with van der Waals surface area (Å²) in [6, 6.07) is 12.6. The van der Waals surface area contributed by atoms with Crippen molar-refractivity contribution in [2.75, 3.05) is 32.8 Å². The highest BCUT2D eigenvalue weighted by molar-refractivity contribution is 7.99. The van der Waals surface area contributed by atoms with E-state index in [1.165, 1.54) is 17.6 Å². The van der Waals surface area contributed by atoms with Gasteiger partial charge in [-0.3, -0.25) is 4.79 Å². The molecule has 0 fully saturated rings. The van der Waals surface area contributed by atoms with Crippen LogP contribution in [0.1, 0.15) is 6.42 Å². The lowest BCUT2D eigenvalue weighted by Gasteiger charge is -2.05. The third kappa shape index (κ3) is 6.19. The Morgan fingerprint density at radius 3 is 2.55 bits per heavy atom. The van der Waals surface area contributed by atoms with E-state index in [2.05, 4.69) is 4.99 Å². The lowest BCUT2D eigenvalue weighted by molar-refractivity contribution is -0.117. The molecule has 10 heteroatoms. The van der Waals surface area contributed by atoms with Gasteiger partial charge in [0, 0.05) is 37.0 Å². The number of thioether (sulfide) groups is 1. The molecule has 3 aromatic rings. The lowest BCUT2D eigenvalue weighted by atomic mass is 10.3. The van der Waals surface area contributed by atoms with Crippen molar-refractivity contribution in [1.82, 2.24) is 4.57 Å². The number of fused-ring (bicyclic) bond motifs is 1. The van der Waals surface area contributed by atoms with Gasteiger partial charge < -0.3 is 14.0 Å². The second kappa shape index (κ2) is 10.4. The monoisotopic (exact) mass is 480 g/mol. The predicted octanol–water partition coefficient (Wildman–Crippen LogP) is 3.37. The van der Waals surface area contributed by atoms with Crippen LogP contribution in [0.3, 0.4) is 0 Å². The zero-order valence-corrected chi connectivity index (χ0v) is 20.0. The van der Waals surface area contributed by atoms with E-state index in [0.717, 1.165) is 20.9 Å². The number of sulfone groups is 1. The highest BCUT2D eigenvalue weighted by atomic mass is 32.2. The van der Waals surface area contributed by atoms with Gasteiger partial charge in [-0.05, 0) is 42.5 Å². The average molecular weight is 481 g/mol. The molecule has 2 aromatic carbocycles. The van der Waals surface area contributed by atoms with Crippen LogP contribution in [0.15, 0.2) is 57.2 Å². The number of hydrogen-bond donors (Lipinski definition) is 0. The number of hydrogen-bond acceptors (Lipinski definition) is 7. The van der Waals surface area contributed by atoms with Crippen molar-refractivity contribution >= 4 is 49.1 Å². The third-order valence-corrected chi connectivity index (χ3v) is 7.63. The van der Waals surface area contributed by atoms with Gasteiger partial charge in [-0.15, -0.1) is 11.8 Å². The standard InChI is InChI=1S/C21H24N2O5S3/c1-27-12-11-23-18-9-8-17(31(3,25)26)14-19(18)30-21(23)22-20(24)10-13-29-16-6-4-15(28-2)5-7-16/h4-9,14H,10-13H2,1-3H3. The Morgan fingerprint density at radius 1 is 1.16 bits per heavy atom. The van der Waals surface area contributed by atoms with Crippen molar-refractivity contribution in [3.8, 4) is 5.75 Å². The van der Waals surface area contributed by atoms with Gasteiger partial charge in [0.05, 0.1) is 28.8 Å². The van der Waals surface area contributed by atoms with E-state index >= 15 is 0 Å². The maximum atomic E-state index is 12.5. The maximum absolute atomic E-state index is 12.5. The van der Waals surface area contributed by atoms with Gasteiger partial charge in [0.2, 0.25) is 5.91 Å². The largest absolute Gasteiger partial charge is 0.497 e. The molecule has 0 atom stereocenters. The number of amides is 1. The second-order valence-corrected chi connectivity index (χ2v) is 10.9. The first-order valence-corrected chi connectivity index (χ1v) is 13.2. The van der Waals surface area contributed by atoms with Crippen LogP contribution in [0.25, 0.3) is 10.2 Å². The van der Waals surface area contributed by atoms with Crippen LogP contribution >= 0.6 is 23.1 Å². The predicted molar refractivity (Wildman–Crippen MR) is 124 cm³/mol. The lowest BCUT2D eigenvalue weighted by Crippen LogP contribution is -2.19. The molecule has 0 radical (unpaired) electrons. The fraction of sp³-hybridized carbons (Fsp3) is 0.333. The summed E-state index contributed by atoms with van der Waals surface area (Å²) in [5, 5.41) is 0. The van der Waals surface area contributed by atoms with E-state index in [4.69, 9.17) is 9.47 Å². The number of carbonyl (C=O) groups excluding carboxylic acids is 1. The van der Waals surface area contributed by atoms with Crippen molar-refractivity contribution in [2.24, 2.45) is 4.99 Å². The minimum atomic E-state index is -3.32. The normalized spacial score (nSPS) is 12.4. The second-order valence-electron chi connectivity index (χ2n) is 6.71. The fourth-order valence-corrected chi connectivity index (χ4v) is 5.53. The molecular formula is C21H24N2O5S3. The smallest absolute Gasteiger partial charge is 0.249 e. The van der Waals surface area contributed by atoms with Crippen molar-refractivity contribution in [2.45, 2.75) is 22.8 Å². The molecule has 166 valence electrons. The molecule has 0 spiro atoms. The molecule has 7 nitrogen and oxygen atoms in total. The van der Waals surface area contributed by atoms with Gasteiger partial charge in [0.15, 0.2) is 14.6 Å². The summed E-state index contributed by atoms with van der Waals surface area (Å²) in [4.78, 5) is 18.6. The highest BCUT2D eigenvalue weighted by Crippen LogP contribution is 2.23. The van der Waals surface area contributed by atoms with Gasteiger partial charge in [0.1, 0.15) is 5.75 Å². The summed E-state index contributed by atoms with van der Waals surface area (Å²) in [5.74, 6) is 1.18. The Balaban J connectivity index is 1.80. The minimum Gasteiger partial charge on any atom is -0.497 e. The SMILES string of the molecule is COCCn1c(=NC(=O)CCSc2ccc(OC)cc2)sc2cc(S(C)(=O)=O)ccc21. The zero-order chi connectivity index (χ0) is 22.4. The Hall–Kier alpha value is -2.14. The molecule has 0 saturated heterocycles. The first kappa shape index (κ1) is 23.5. The van der Waals surface area contributed by atoms with Gasteiger partial charge in [-0.1, -0.05) is 11.3 Å². The average Bonchev–Trinajstić information content (AvgIpc) is 3.08. The summed E-state index contributed by atoms with van der Waals surface area (Å²) in [6.07, 6.45) is 1.47. The quantitative estimate of drug-likeness (QED) is 0.437. The van der Waals surface area contributed by atoms with Crippen LogP contribution in [0.2, 0.25) is 0 Å². The zero-order valence-electron chi connectivity index (χ0n) is 17.5. The van der Waals surface area contributed by atoms with Crippen molar-refractivity contribution in [1.29, 1.82) is 0 Å². The Morgan fingerprint density at radius 2 is 1.90 bits per heavy atom. The molecule has 0 aliphatic carbocycles. The van der Waals surface area contributed by atoms with E-state index < -0.39 is 9.84 Å². The van der Waals surface area contributed by atoms with Crippen LogP contribution in [-0.4, -0.2) is 51.7 Å². The van der Waals surface area contributed by atoms with Crippen molar-refractivity contribution in [3.05, 3.63) is 47.3 Å². The summed E-state index contributed by atoms with van der Waals surface area (Å²) in [6.45, 7) is 0.968. The van der Waals surface area contributed by atoms with Gasteiger partial charge in [-0.25, -0.2) is 8.42 Å². The molecule has 0 N–H and O–H groups in total. The molecule has 1 heterocycles. The first-order chi connectivity index (χ1) is 14.8. The molecular weight excluding hydrogens is 456 g/mol. The topological polar surface area (TPSA) is 87.0 Å². The molecule has 0 aliphatic rings. The van der Waals surface area contributed by atoms with Crippen LogP contribution in [0.4, 0.5) is 0 Å². The molecule has 0 bridgehead atoms. The number of benzene rings is 2. The summed E-state index contributed by atoms with van der Waals surface area (Å²) in [7, 11) is -0.0876. The van der Waals surface area contributed by atoms with Crippen molar-refractivity contribution in [3.63, 3.8) is 0 Å². The summed E-state index contributed by atoms with van der Waals surface area (Å²) >= 11 is 2.88. The molecule has 1 aromatic heterocycles. The third-order valence-electron chi connectivity index (χ3n) is 4.47. The van der Waals surface area contributed by atoms with E-state index in [0.29, 0.717) is 30.1 Å². The van der Waals surface area contributed by atoms with Crippen LogP contribution < -0.4 is 9.54 Å². The van der Waals surface area contributed by atoms with Crippen LogP contribution in [0, 0.1) is 0 Å². The molecule has 0 saturated carbocycles. The Labute approximate surface area is 189 Å². The Kier molecular flexibility index (Phi) is 7.93. The number of ether oxygens (including phenoxy) is 2. The Bertz CT molecular complexity index is 1230. The van der Waals surface area contributed by atoms with E-state index in [1.54, 1.807) is 44.2 Å². The number of thiazole rings is 1. The molecule has 1 amide bonds. The van der Waals surface area contributed by atoms with E-state index in [9.17, 15) is 13.2 Å². The van der Waals surface area contributed by atoms with Gasteiger partial charge in [0.25, 0.3) is 0 Å². The molecule has 31 heavy (non-hydrogen) atoms. The van der Waals surface area contributed by atoms with Crippen LogP contribution in [0.5, 0.6) is 5.75 Å². The maximum Gasteiger partial charge on any atom is 0.249 e. The number of carbonyl (C=O) groups is 1. The summed E-state index contributed by atoms with van der Waals surface area (Å²) < 4.78 is 36.7. The number of rotatable bonds is 9.